The highest BCUT2D eigenvalue weighted by Gasteiger charge is 2.15. The van der Waals surface area contributed by atoms with E-state index in [1.807, 2.05) is 18.7 Å². The average Bonchev–Trinajstić information content (AvgIpc) is 2.78. The van der Waals surface area contributed by atoms with E-state index >= 15 is 0 Å². The molecule has 1 aromatic heterocycles. The number of aryl methyl sites for hydroxylation is 1. The number of hydrogen-bond acceptors (Lipinski definition) is 3. The molecule has 1 heterocycles. The van der Waals surface area contributed by atoms with Gasteiger partial charge in [-0.05, 0) is 43.4 Å². The Morgan fingerprint density at radius 2 is 2.12 bits per heavy atom. The number of hydrogen-bond donors (Lipinski definition) is 1. The Morgan fingerprint density at radius 1 is 1.38 bits per heavy atom. The van der Waals surface area contributed by atoms with Gasteiger partial charge in [0.2, 0.25) is 0 Å². The third-order valence-corrected chi connectivity index (χ3v) is 4.31. The van der Waals surface area contributed by atoms with Crippen LogP contribution in [0.15, 0.2) is 17.2 Å². The molecule has 0 amide bonds. The average molecular weight is 236 g/mol. The van der Waals surface area contributed by atoms with Gasteiger partial charge in [-0.25, -0.2) is 4.98 Å². The molecule has 0 saturated heterocycles. The van der Waals surface area contributed by atoms with Crippen molar-refractivity contribution < 1.29 is 0 Å². The molecule has 16 heavy (non-hydrogen) atoms. The van der Waals surface area contributed by atoms with E-state index < -0.39 is 0 Å². The molecule has 1 aliphatic carbocycles. The van der Waals surface area contributed by atoms with Crippen molar-refractivity contribution in [1.82, 2.24) is 4.98 Å². The standard InChI is InChI=1S/C13H20N2S/c1-10-6-12(8-14)7-13(15-10)16-9-11-4-2-3-5-11/h6-7,11H,2-5,8-9,14H2,1H3. The fraction of sp³-hybridized carbons (Fsp3) is 0.615. The minimum atomic E-state index is 0.611. The molecule has 1 aromatic rings. The van der Waals surface area contributed by atoms with Crippen LogP contribution >= 0.6 is 11.8 Å². The summed E-state index contributed by atoms with van der Waals surface area (Å²) in [4.78, 5) is 4.55. The molecule has 2 N–H and O–H groups in total. The Balaban J connectivity index is 1.94. The van der Waals surface area contributed by atoms with Crippen LogP contribution in [-0.4, -0.2) is 10.7 Å². The fourth-order valence-electron chi connectivity index (χ4n) is 2.28. The maximum absolute atomic E-state index is 5.67. The topological polar surface area (TPSA) is 38.9 Å². The van der Waals surface area contributed by atoms with Crippen LogP contribution in [0.2, 0.25) is 0 Å². The summed E-state index contributed by atoms with van der Waals surface area (Å²) in [5.74, 6) is 2.13. The van der Waals surface area contributed by atoms with E-state index in [0.29, 0.717) is 6.54 Å². The van der Waals surface area contributed by atoms with Gasteiger partial charge in [0.05, 0.1) is 5.03 Å². The normalized spacial score (nSPS) is 16.9. The van der Waals surface area contributed by atoms with Crippen molar-refractivity contribution in [3.63, 3.8) is 0 Å². The Kier molecular flexibility index (Phi) is 4.24. The van der Waals surface area contributed by atoms with Crippen LogP contribution in [0.1, 0.15) is 36.9 Å². The highest BCUT2D eigenvalue weighted by Crippen LogP contribution is 2.30. The molecule has 0 bridgehead atoms. The lowest BCUT2D eigenvalue weighted by molar-refractivity contribution is 0.623. The molecule has 1 saturated carbocycles. The van der Waals surface area contributed by atoms with Gasteiger partial charge in [0, 0.05) is 18.0 Å². The van der Waals surface area contributed by atoms with E-state index in [-0.39, 0.29) is 0 Å². The predicted octanol–water partition coefficient (Wildman–Crippen LogP) is 3.13. The molecule has 0 atom stereocenters. The predicted molar refractivity (Wildman–Crippen MR) is 69.5 cm³/mol. The molecule has 2 nitrogen and oxygen atoms in total. The molecule has 1 fully saturated rings. The summed E-state index contributed by atoms with van der Waals surface area (Å²) in [7, 11) is 0. The van der Waals surface area contributed by atoms with E-state index in [9.17, 15) is 0 Å². The van der Waals surface area contributed by atoms with Crippen molar-refractivity contribution in [2.45, 2.75) is 44.2 Å². The smallest absolute Gasteiger partial charge is 0.0966 e. The Morgan fingerprint density at radius 3 is 2.81 bits per heavy atom. The van der Waals surface area contributed by atoms with Gasteiger partial charge in [-0.15, -0.1) is 11.8 Å². The molecular formula is C13H20N2S. The molecule has 88 valence electrons. The monoisotopic (exact) mass is 236 g/mol. The Hall–Kier alpha value is -0.540. The molecule has 1 aliphatic rings. The summed E-state index contributed by atoms with van der Waals surface area (Å²) in [6, 6.07) is 4.20. The van der Waals surface area contributed by atoms with Crippen molar-refractivity contribution >= 4 is 11.8 Å². The summed E-state index contributed by atoms with van der Waals surface area (Å²) in [6.45, 7) is 2.65. The molecule has 0 aromatic carbocycles. The van der Waals surface area contributed by atoms with Gasteiger partial charge in [-0.3, -0.25) is 0 Å². The zero-order valence-corrected chi connectivity index (χ0v) is 10.7. The highest BCUT2D eigenvalue weighted by atomic mass is 32.2. The summed E-state index contributed by atoms with van der Waals surface area (Å²) < 4.78 is 0. The number of thioether (sulfide) groups is 1. The lowest BCUT2D eigenvalue weighted by atomic mass is 10.1. The van der Waals surface area contributed by atoms with Gasteiger partial charge < -0.3 is 5.73 Å². The van der Waals surface area contributed by atoms with Crippen LogP contribution in [0.5, 0.6) is 0 Å². The second-order valence-corrected chi connectivity index (χ2v) is 5.66. The van der Waals surface area contributed by atoms with E-state index in [1.54, 1.807) is 0 Å². The van der Waals surface area contributed by atoms with Crippen LogP contribution in [0, 0.1) is 12.8 Å². The van der Waals surface area contributed by atoms with Crippen LogP contribution in [0.3, 0.4) is 0 Å². The van der Waals surface area contributed by atoms with Gasteiger partial charge in [0.15, 0.2) is 0 Å². The van der Waals surface area contributed by atoms with Crippen molar-refractivity contribution in [3.8, 4) is 0 Å². The molecule has 0 aliphatic heterocycles. The van der Waals surface area contributed by atoms with E-state index in [2.05, 4.69) is 17.1 Å². The van der Waals surface area contributed by atoms with Crippen LogP contribution in [-0.2, 0) is 6.54 Å². The SMILES string of the molecule is Cc1cc(CN)cc(SCC2CCCC2)n1. The van der Waals surface area contributed by atoms with Crippen LogP contribution in [0.4, 0.5) is 0 Å². The minimum Gasteiger partial charge on any atom is -0.326 e. The van der Waals surface area contributed by atoms with Crippen molar-refractivity contribution in [2.24, 2.45) is 11.7 Å². The number of rotatable bonds is 4. The van der Waals surface area contributed by atoms with Gasteiger partial charge in [-0.2, -0.15) is 0 Å². The van der Waals surface area contributed by atoms with E-state index in [1.165, 1.54) is 37.0 Å². The second-order valence-electron chi connectivity index (χ2n) is 4.62. The first-order valence-electron chi connectivity index (χ1n) is 6.08. The zero-order chi connectivity index (χ0) is 11.4. The lowest BCUT2D eigenvalue weighted by Gasteiger charge is -2.09. The lowest BCUT2D eigenvalue weighted by Crippen LogP contribution is -2.00. The Labute approximate surface area is 102 Å². The van der Waals surface area contributed by atoms with Crippen molar-refractivity contribution in [1.29, 1.82) is 0 Å². The highest BCUT2D eigenvalue weighted by molar-refractivity contribution is 7.99. The first kappa shape index (κ1) is 11.9. The molecule has 3 heteroatoms. The third kappa shape index (κ3) is 3.22. The largest absolute Gasteiger partial charge is 0.326 e. The van der Waals surface area contributed by atoms with E-state index in [0.717, 1.165) is 16.6 Å². The zero-order valence-electron chi connectivity index (χ0n) is 9.91. The molecule has 0 spiro atoms. The molecule has 0 unspecified atom stereocenters. The van der Waals surface area contributed by atoms with Gasteiger partial charge in [0.1, 0.15) is 0 Å². The number of aromatic nitrogens is 1. The minimum absolute atomic E-state index is 0.611. The van der Waals surface area contributed by atoms with Gasteiger partial charge >= 0.3 is 0 Å². The molecule has 0 radical (unpaired) electrons. The van der Waals surface area contributed by atoms with E-state index in [4.69, 9.17) is 5.73 Å². The molecule has 2 rings (SSSR count). The van der Waals surface area contributed by atoms with Crippen LogP contribution in [0.25, 0.3) is 0 Å². The number of pyridine rings is 1. The molecular weight excluding hydrogens is 216 g/mol. The second kappa shape index (κ2) is 5.69. The quantitative estimate of drug-likeness (QED) is 0.816. The third-order valence-electron chi connectivity index (χ3n) is 3.17. The maximum Gasteiger partial charge on any atom is 0.0966 e. The summed E-state index contributed by atoms with van der Waals surface area (Å²) >= 11 is 1.89. The summed E-state index contributed by atoms with van der Waals surface area (Å²) in [5.41, 5.74) is 7.95. The van der Waals surface area contributed by atoms with Gasteiger partial charge in [-0.1, -0.05) is 12.8 Å². The van der Waals surface area contributed by atoms with Crippen molar-refractivity contribution in [3.05, 3.63) is 23.4 Å². The number of nitrogens with zero attached hydrogens (tertiary/aromatic N) is 1. The summed E-state index contributed by atoms with van der Waals surface area (Å²) in [6.07, 6.45) is 5.65. The van der Waals surface area contributed by atoms with Crippen molar-refractivity contribution in [2.75, 3.05) is 5.75 Å². The number of nitrogens with two attached hydrogens (primary N) is 1. The Bertz CT molecular complexity index is 346. The first-order valence-corrected chi connectivity index (χ1v) is 7.07. The first-order chi connectivity index (χ1) is 7.78. The summed E-state index contributed by atoms with van der Waals surface area (Å²) in [5, 5.41) is 1.15. The maximum atomic E-state index is 5.67. The van der Waals surface area contributed by atoms with Gasteiger partial charge in [0.25, 0.3) is 0 Å². The fourth-order valence-corrected chi connectivity index (χ4v) is 3.46. The van der Waals surface area contributed by atoms with Crippen LogP contribution < -0.4 is 5.73 Å².